The Balaban J connectivity index is 3.30. The molecular formula is C9H7BrF3NO3. The van der Waals surface area contributed by atoms with Gasteiger partial charge in [-0.3, -0.25) is 0 Å². The minimum absolute atomic E-state index is 0.182. The van der Waals surface area contributed by atoms with Gasteiger partial charge in [0.1, 0.15) is 11.3 Å². The number of carbonyl (C=O) groups is 1. The molecule has 0 unspecified atom stereocenters. The Morgan fingerprint density at radius 1 is 1.41 bits per heavy atom. The highest BCUT2D eigenvalue weighted by atomic mass is 79.9. The number of nitrogens with two attached hydrogens (primary N) is 1. The number of alkyl halides is 3. The van der Waals surface area contributed by atoms with Gasteiger partial charge in [0.2, 0.25) is 0 Å². The minimum Gasteiger partial charge on any atom is -0.465 e. The molecule has 0 bridgehead atoms. The first-order valence-electron chi connectivity index (χ1n) is 4.18. The third kappa shape index (κ3) is 3.26. The topological polar surface area (TPSA) is 61.5 Å². The van der Waals surface area contributed by atoms with Crippen molar-refractivity contribution in [3.8, 4) is 5.75 Å². The van der Waals surface area contributed by atoms with E-state index in [9.17, 15) is 18.0 Å². The van der Waals surface area contributed by atoms with Gasteiger partial charge in [-0.2, -0.15) is 0 Å². The van der Waals surface area contributed by atoms with E-state index in [0.717, 1.165) is 13.2 Å². The molecule has 0 aliphatic rings. The lowest BCUT2D eigenvalue weighted by Crippen LogP contribution is -2.20. The summed E-state index contributed by atoms with van der Waals surface area (Å²) in [6.45, 7) is 0. The van der Waals surface area contributed by atoms with Gasteiger partial charge in [-0.15, -0.1) is 13.2 Å². The monoisotopic (exact) mass is 313 g/mol. The Kier molecular flexibility index (Phi) is 3.87. The fourth-order valence-electron chi connectivity index (χ4n) is 1.10. The highest BCUT2D eigenvalue weighted by Crippen LogP contribution is 2.34. The molecule has 0 radical (unpaired) electrons. The molecule has 1 aromatic rings. The highest BCUT2D eigenvalue weighted by Gasteiger charge is 2.34. The van der Waals surface area contributed by atoms with E-state index in [0.29, 0.717) is 0 Å². The van der Waals surface area contributed by atoms with E-state index in [4.69, 9.17) is 5.73 Å². The summed E-state index contributed by atoms with van der Waals surface area (Å²) in [6.07, 6.45) is -4.91. The first-order chi connectivity index (χ1) is 7.76. The molecule has 94 valence electrons. The predicted molar refractivity (Wildman–Crippen MR) is 56.6 cm³/mol. The van der Waals surface area contributed by atoms with Crippen LogP contribution in [-0.4, -0.2) is 19.4 Å². The summed E-state index contributed by atoms with van der Waals surface area (Å²) in [5, 5.41) is 0. The van der Waals surface area contributed by atoms with Crippen LogP contribution in [0.5, 0.6) is 5.75 Å². The van der Waals surface area contributed by atoms with Crippen molar-refractivity contribution in [3.63, 3.8) is 0 Å². The van der Waals surface area contributed by atoms with Crippen molar-refractivity contribution in [2.45, 2.75) is 6.36 Å². The molecule has 0 aliphatic carbocycles. The van der Waals surface area contributed by atoms with Crippen LogP contribution in [0.3, 0.4) is 0 Å². The van der Waals surface area contributed by atoms with Crippen LogP contribution in [-0.2, 0) is 4.74 Å². The predicted octanol–water partition coefficient (Wildman–Crippen LogP) is 2.72. The Morgan fingerprint density at radius 3 is 2.47 bits per heavy atom. The number of benzene rings is 1. The van der Waals surface area contributed by atoms with Crippen LogP contribution < -0.4 is 10.5 Å². The number of rotatable bonds is 2. The number of hydrogen-bond acceptors (Lipinski definition) is 4. The van der Waals surface area contributed by atoms with Crippen LogP contribution in [0.2, 0.25) is 0 Å². The molecule has 0 saturated heterocycles. The number of nitrogen functional groups attached to an aromatic ring is 1. The Morgan fingerprint density at radius 2 is 2.00 bits per heavy atom. The second-order valence-corrected chi connectivity index (χ2v) is 3.73. The largest absolute Gasteiger partial charge is 0.573 e. The molecule has 0 aliphatic heterocycles. The third-order valence-corrected chi connectivity index (χ3v) is 2.46. The van der Waals surface area contributed by atoms with Crippen molar-refractivity contribution in [2.24, 2.45) is 0 Å². The molecule has 0 amide bonds. The SMILES string of the molecule is COC(=O)c1c(OC(F)(F)F)ccc(Br)c1N. The number of carbonyl (C=O) groups excluding carboxylic acids is 1. The molecule has 4 nitrogen and oxygen atoms in total. The van der Waals surface area contributed by atoms with E-state index >= 15 is 0 Å². The van der Waals surface area contributed by atoms with Gasteiger partial charge in [0.25, 0.3) is 0 Å². The maximum atomic E-state index is 12.1. The van der Waals surface area contributed by atoms with E-state index in [1.54, 1.807) is 0 Å². The van der Waals surface area contributed by atoms with Crippen LogP contribution in [0.4, 0.5) is 18.9 Å². The second kappa shape index (κ2) is 4.82. The van der Waals surface area contributed by atoms with E-state index in [-0.39, 0.29) is 10.2 Å². The Hall–Kier alpha value is -1.44. The van der Waals surface area contributed by atoms with E-state index < -0.39 is 23.6 Å². The molecule has 0 aromatic heterocycles. The van der Waals surface area contributed by atoms with Gasteiger partial charge < -0.3 is 15.2 Å². The molecule has 2 N–H and O–H groups in total. The zero-order chi connectivity index (χ0) is 13.2. The lowest BCUT2D eigenvalue weighted by atomic mass is 10.1. The van der Waals surface area contributed by atoms with Gasteiger partial charge >= 0.3 is 12.3 Å². The average molecular weight is 314 g/mol. The van der Waals surface area contributed by atoms with E-state index in [1.807, 2.05) is 0 Å². The maximum absolute atomic E-state index is 12.1. The van der Waals surface area contributed by atoms with Crippen molar-refractivity contribution in [3.05, 3.63) is 22.2 Å². The third-order valence-electron chi connectivity index (χ3n) is 1.77. The number of anilines is 1. The summed E-state index contributed by atoms with van der Waals surface area (Å²) in [5.41, 5.74) is 4.83. The van der Waals surface area contributed by atoms with Gasteiger partial charge in [-0.25, -0.2) is 4.79 Å². The summed E-state index contributed by atoms with van der Waals surface area (Å²) in [4.78, 5) is 11.3. The van der Waals surface area contributed by atoms with Crippen molar-refractivity contribution in [1.82, 2.24) is 0 Å². The van der Waals surface area contributed by atoms with Gasteiger partial charge in [-0.05, 0) is 28.1 Å². The second-order valence-electron chi connectivity index (χ2n) is 2.87. The van der Waals surface area contributed by atoms with Crippen molar-refractivity contribution < 1.29 is 27.4 Å². The van der Waals surface area contributed by atoms with Crippen molar-refractivity contribution >= 4 is 27.6 Å². The molecule has 0 spiro atoms. The number of hydrogen-bond donors (Lipinski definition) is 1. The molecule has 0 saturated carbocycles. The highest BCUT2D eigenvalue weighted by molar-refractivity contribution is 9.10. The van der Waals surface area contributed by atoms with E-state index in [2.05, 4.69) is 25.4 Å². The number of methoxy groups -OCH3 is 1. The van der Waals surface area contributed by atoms with Crippen molar-refractivity contribution in [2.75, 3.05) is 12.8 Å². The van der Waals surface area contributed by atoms with Crippen LogP contribution in [0, 0.1) is 0 Å². The summed E-state index contributed by atoms with van der Waals surface area (Å²) >= 11 is 2.99. The summed E-state index contributed by atoms with van der Waals surface area (Å²) in [5.74, 6) is -1.71. The molecule has 1 aromatic carbocycles. The first kappa shape index (κ1) is 13.6. The maximum Gasteiger partial charge on any atom is 0.573 e. The molecule has 17 heavy (non-hydrogen) atoms. The van der Waals surface area contributed by atoms with Crippen LogP contribution in [0.1, 0.15) is 10.4 Å². The smallest absolute Gasteiger partial charge is 0.465 e. The van der Waals surface area contributed by atoms with Crippen LogP contribution >= 0.6 is 15.9 Å². The zero-order valence-electron chi connectivity index (χ0n) is 8.47. The Bertz CT molecular complexity index is 448. The fourth-order valence-corrected chi connectivity index (χ4v) is 1.43. The van der Waals surface area contributed by atoms with Gasteiger partial charge in [0, 0.05) is 4.47 Å². The molecular weight excluding hydrogens is 307 g/mol. The molecule has 1 rings (SSSR count). The number of esters is 1. The molecule has 0 atom stereocenters. The van der Waals surface area contributed by atoms with Gasteiger partial charge in [0.05, 0.1) is 12.8 Å². The van der Waals surface area contributed by atoms with Crippen molar-refractivity contribution in [1.29, 1.82) is 0 Å². The molecule has 0 heterocycles. The number of halogens is 4. The van der Waals surface area contributed by atoms with Crippen LogP contribution in [0.25, 0.3) is 0 Å². The van der Waals surface area contributed by atoms with E-state index in [1.165, 1.54) is 6.07 Å². The van der Waals surface area contributed by atoms with Crippen LogP contribution in [0.15, 0.2) is 16.6 Å². The zero-order valence-corrected chi connectivity index (χ0v) is 10.1. The lowest BCUT2D eigenvalue weighted by molar-refractivity contribution is -0.274. The molecule has 8 heteroatoms. The normalized spacial score (nSPS) is 11.1. The van der Waals surface area contributed by atoms with Gasteiger partial charge in [-0.1, -0.05) is 0 Å². The summed E-state index contributed by atoms with van der Waals surface area (Å²) < 4.78 is 44.6. The number of ether oxygens (including phenoxy) is 2. The quantitative estimate of drug-likeness (QED) is 0.673. The van der Waals surface area contributed by atoms with Gasteiger partial charge in [0.15, 0.2) is 0 Å². The lowest BCUT2D eigenvalue weighted by Gasteiger charge is -2.14. The minimum atomic E-state index is -4.91. The average Bonchev–Trinajstić information content (AvgIpc) is 2.21. The molecule has 0 fully saturated rings. The fraction of sp³-hybridized carbons (Fsp3) is 0.222. The first-order valence-corrected chi connectivity index (χ1v) is 4.97. The standard InChI is InChI=1S/C9H7BrF3NO3/c1-16-8(15)6-5(17-9(11,12)13)3-2-4(10)7(6)14/h2-3H,14H2,1H3. The summed E-state index contributed by atoms with van der Waals surface area (Å²) in [6, 6.07) is 2.21. The summed E-state index contributed by atoms with van der Waals surface area (Å²) in [7, 11) is 1.03. The Labute approximate surface area is 103 Å².